The van der Waals surface area contributed by atoms with Crippen LogP contribution in [0.1, 0.15) is 33.1 Å². The van der Waals surface area contributed by atoms with Crippen molar-refractivity contribution in [3.05, 3.63) is 0 Å². The first-order valence-electron chi connectivity index (χ1n) is 6.21. The van der Waals surface area contributed by atoms with E-state index in [4.69, 9.17) is 4.74 Å². The molecule has 0 aromatic carbocycles. The van der Waals surface area contributed by atoms with Crippen molar-refractivity contribution in [1.82, 2.24) is 0 Å². The van der Waals surface area contributed by atoms with Crippen LogP contribution in [0.5, 0.6) is 0 Å². The molecule has 0 spiro atoms. The summed E-state index contributed by atoms with van der Waals surface area (Å²) in [5, 5.41) is 10.6. The standard InChI is InChI=1S/C13H21BrO3/c1-12-6-9(17-3)8(7-15)11(12)13(2,16)5-4-10(12)14/h7-11,16H,4-6H2,1-3H3/t8-,9-,10+,11+,12-,13-/m1/s1. The second kappa shape index (κ2) is 4.32. The van der Waals surface area contributed by atoms with Gasteiger partial charge in [0.05, 0.1) is 11.7 Å². The second-order valence-corrected chi connectivity index (χ2v) is 7.14. The third-order valence-electron chi connectivity index (χ3n) is 4.92. The smallest absolute Gasteiger partial charge is 0.126 e. The Morgan fingerprint density at radius 1 is 1.47 bits per heavy atom. The van der Waals surface area contributed by atoms with Gasteiger partial charge in [0.15, 0.2) is 0 Å². The predicted octanol–water partition coefficient (Wildman–Crippen LogP) is 2.15. The highest BCUT2D eigenvalue weighted by molar-refractivity contribution is 9.09. The van der Waals surface area contributed by atoms with Gasteiger partial charge in [-0.3, -0.25) is 0 Å². The Bertz CT molecular complexity index is 318. The maximum atomic E-state index is 11.4. The van der Waals surface area contributed by atoms with E-state index >= 15 is 0 Å². The van der Waals surface area contributed by atoms with Crippen molar-refractivity contribution in [2.75, 3.05) is 7.11 Å². The summed E-state index contributed by atoms with van der Waals surface area (Å²) in [6.45, 7) is 4.03. The first-order valence-corrected chi connectivity index (χ1v) is 7.13. The number of alkyl halides is 1. The van der Waals surface area contributed by atoms with Crippen LogP contribution in [0.4, 0.5) is 0 Å². The topological polar surface area (TPSA) is 46.5 Å². The van der Waals surface area contributed by atoms with Gasteiger partial charge in [-0.05, 0) is 31.6 Å². The van der Waals surface area contributed by atoms with Gasteiger partial charge in [0.1, 0.15) is 6.29 Å². The molecule has 6 atom stereocenters. The quantitative estimate of drug-likeness (QED) is 0.628. The molecule has 17 heavy (non-hydrogen) atoms. The Balaban J connectivity index is 2.42. The number of hydrogen-bond acceptors (Lipinski definition) is 3. The Morgan fingerprint density at radius 2 is 2.12 bits per heavy atom. The number of ether oxygens (including phenoxy) is 1. The van der Waals surface area contributed by atoms with Crippen molar-refractivity contribution in [2.45, 2.75) is 49.6 Å². The molecule has 4 heteroatoms. The number of aldehydes is 1. The summed E-state index contributed by atoms with van der Waals surface area (Å²) in [5.41, 5.74) is -0.828. The predicted molar refractivity (Wildman–Crippen MR) is 69.1 cm³/mol. The van der Waals surface area contributed by atoms with Crippen LogP contribution >= 0.6 is 15.9 Å². The van der Waals surface area contributed by atoms with Crippen LogP contribution < -0.4 is 0 Å². The molecular weight excluding hydrogens is 284 g/mol. The Labute approximate surface area is 111 Å². The number of carbonyl (C=O) groups excluding carboxylic acids is 1. The molecule has 0 amide bonds. The van der Waals surface area contributed by atoms with Gasteiger partial charge in [-0.1, -0.05) is 22.9 Å². The van der Waals surface area contributed by atoms with Gasteiger partial charge >= 0.3 is 0 Å². The molecule has 2 aliphatic rings. The lowest BCUT2D eigenvalue weighted by Gasteiger charge is -2.49. The van der Waals surface area contributed by atoms with Crippen LogP contribution in [0.2, 0.25) is 0 Å². The van der Waals surface area contributed by atoms with Crippen molar-refractivity contribution >= 4 is 22.2 Å². The van der Waals surface area contributed by atoms with Crippen LogP contribution in [0, 0.1) is 17.3 Å². The third kappa shape index (κ3) is 1.89. The largest absolute Gasteiger partial charge is 0.390 e. The summed E-state index contributed by atoms with van der Waals surface area (Å²) in [6.07, 6.45) is 3.44. The molecule has 0 radical (unpaired) electrons. The number of hydrogen-bond donors (Lipinski definition) is 1. The zero-order chi connectivity index (χ0) is 12.8. The Kier molecular flexibility index (Phi) is 3.43. The molecule has 3 nitrogen and oxygen atoms in total. The number of aliphatic hydroxyl groups is 1. The molecule has 0 aliphatic heterocycles. The number of rotatable bonds is 2. The van der Waals surface area contributed by atoms with Crippen molar-refractivity contribution in [3.63, 3.8) is 0 Å². The summed E-state index contributed by atoms with van der Waals surface area (Å²) in [6, 6.07) is 0. The molecule has 0 aromatic rings. The van der Waals surface area contributed by atoms with E-state index in [-0.39, 0.29) is 23.4 Å². The highest BCUT2D eigenvalue weighted by atomic mass is 79.9. The van der Waals surface area contributed by atoms with E-state index in [1.165, 1.54) is 0 Å². The Hall–Kier alpha value is 0.0700. The summed E-state index contributed by atoms with van der Waals surface area (Å²) < 4.78 is 5.45. The van der Waals surface area contributed by atoms with Gasteiger partial charge < -0.3 is 14.6 Å². The number of carbonyl (C=O) groups is 1. The summed E-state index contributed by atoms with van der Waals surface area (Å²) in [7, 11) is 1.65. The van der Waals surface area contributed by atoms with Gasteiger partial charge in [-0.15, -0.1) is 0 Å². The molecule has 0 bridgehead atoms. The van der Waals surface area contributed by atoms with Gasteiger partial charge in [0.2, 0.25) is 0 Å². The van der Waals surface area contributed by atoms with Gasteiger partial charge in [-0.2, -0.15) is 0 Å². The fourth-order valence-electron chi connectivity index (χ4n) is 4.11. The van der Waals surface area contributed by atoms with E-state index in [0.29, 0.717) is 4.83 Å². The number of methoxy groups -OCH3 is 1. The lowest BCUT2D eigenvalue weighted by molar-refractivity contribution is -0.128. The van der Waals surface area contributed by atoms with Crippen LogP contribution in [0.25, 0.3) is 0 Å². The summed E-state index contributed by atoms with van der Waals surface area (Å²) in [4.78, 5) is 11.7. The zero-order valence-electron chi connectivity index (χ0n) is 10.6. The maximum absolute atomic E-state index is 11.4. The highest BCUT2D eigenvalue weighted by Crippen LogP contribution is 2.60. The van der Waals surface area contributed by atoms with E-state index in [0.717, 1.165) is 25.5 Å². The monoisotopic (exact) mass is 304 g/mol. The van der Waals surface area contributed by atoms with Crippen molar-refractivity contribution in [2.24, 2.45) is 17.3 Å². The minimum Gasteiger partial charge on any atom is -0.390 e. The number of fused-ring (bicyclic) bond motifs is 1. The van der Waals surface area contributed by atoms with E-state index in [2.05, 4.69) is 22.9 Å². The fraction of sp³-hybridized carbons (Fsp3) is 0.923. The maximum Gasteiger partial charge on any atom is 0.126 e. The van der Waals surface area contributed by atoms with Crippen LogP contribution in [-0.4, -0.2) is 35.0 Å². The van der Waals surface area contributed by atoms with Gasteiger partial charge in [-0.25, -0.2) is 0 Å². The van der Waals surface area contributed by atoms with Crippen LogP contribution in [0.3, 0.4) is 0 Å². The molecule has 2 rings (SSSR count). The van der Waals surface area contributed by atoms with Crippen molar-refractivity contribution in [1.29, 1.82) is 0 Å². The minimum absolute atomic E-state index is 0.0180. The van der Waals surface area contributed by atoms with Crippen LogP contribution in [-0.2, 0) is 9.53 Å². The van der Waals surface area contributed by atoms with Gasteiger partial charge in [0.25, 0.3) is 0 Å². The molecule has 0 heterocycles. The summed E-state index contributed by atoms with van der Waals surface area (Å²) in [5.74, 6) is -0.212. The molecule has 2 saturated carbocycles. The lowest BCUT2D eigenvalue weighted by atomic mass is 9.61. The van der Waals surface area contributed by atoms with E-state index in [1.54, 1.807) is 7.11 Å². The lowest BCUT2D eigenvalue weighted by Crippen LogP contribution is -2.52. The van der Waals surface area contributed by atoms with Crippen LogP contribution in [0.15, 0.2) is 0 Å². The van der Waals surface area contributed by atoms with E-state index in [1.807, 2.05) is 6.92 Å². The van der Waals surface area contributed by atoms with Crippen molar-refractivity contribution < 1.29 is 14.6 Å². The molecule has 2 aliphatic carbocycles. The molecule has 0 saturated heterocycles. The Morgan fingerprint density at radius 3 is 2.65 bits per heavy atom. The van der Waals surface area contributed by atoms with E-state index in [9.17, 15) is 9.90 Å². The average molecular weight is 305 g/mol. The highest BCUT2D eigenvalue weighted by Gasteiger charge is 2.62. The molecule has 1 N–H and O–H groups in total. The third-order valence-corrected chi connectivity index (χ3v) is 6.42. The minimum atomic E-state index is -0.766. The SMILES string of the molecule is CO[C@@H]1C[C@]2(C)[C@@H](Br)CC[C@@](C)(O)[C@H]2[C@@H]1C=O. The molecule has 98 valence electrons. The fourth-order valence-corrected chi connectivity index (χ4v) is 4.81. The molecule has 0 unspecified atom stereocenters. The average Bonchev–Trinajstić information content (AvgIpc) is 2.59. The molecule has 0 aromatic heterocycles. The molecular formula is C13H21BrO3. The summed E-state index contributed by atoms with van der Waals surface area (Å²) >= 11 is 3.73. The molecule has 2 fully saturated rings. The van der Waals surface area contributed by atoms with Crippen molar-refractivity contribution in [3.8, 4) is 0 Å². The zero-order valence-corrected chi connectivity index (χ0v) is 12.2. The van der Waals surface area contributed by atoms with E-state index < -0.39 is 5.60 Å². The first-order chi connectivity index (χ1) is 7.86. The second-order valence-electron chi connectivity index (χ2n) is 6.04. The first kappa shape index (κ1) is 13.5. The van der Waals surface area contributed by atoms with Gasteiger partial charge in [0, 0.05) is 23.8 Å². The number of halogens is 1. The normalized spacial score (nSPS) is 54.4.